The number of piperidine rings is 2. The van der Waals surface area contributed by atoms with Crippen molar-refractivity contribution in [3.63, 3.8) is 0 Å². The molecule has 50 heavy (non-hydrogen) atoms. The average molecular weight is 701 g/mol. The molecule has 2 aliphatic carbocycles. The van der Waals surface area contributed by atoms with Crippen LogP contribution in [0.25, 0.3) is 0 Å². The van der Waals surface area contributed by atoms with E-state index in [4.69, 9.17) is 9.47 Å². The van der Waals surface area contributed by atoms with Crippen molar-refractivity contribution in [3.8, 4) is 0 Å². The molecule has 4 atom stereocenters. The van der Waals surface area contributed by atoms with Crippen molar-refractivity contribution in [2.45, 2.75) is 231 Å². The third kappa shape index (κ3) is 10.7. The normalized spacial score (nSPS) is 30.5. The van der Waals surface area contributed by atoms with Crippen LogP contribution in [0.5, 0.6) is 0 Å². The molecule has 0 aromatic heterocycles. The Morgan fingerprint density at radius 2 is 0.840 bits per heavy atom. The van der Waals surface area contributed by atoms with E-state index in [1.165, 1.54) is 77.0 Å². The summed E-state index contributed by atoms with van der Waals surface area (Å²) in [6.07, 6.45) is 24.7. The molecular weight excluding hydrogens is 620 g/mol. The first kappa shape index (κ1) is 41.6. The minimum Gasteiger partial charge on any atom is -0.462 e. The molecule has 0 N–H and O–H groups in total. The smallest absolute Gasteiger partial charge is 0.306 e. The Labute approximate surface area is 308 Å². The fraction of sp³-hybridized carbons (Fsp3) is 0.955. The van der Waals surface area contributed by atoms with Crippen molar-refractivity contribution in [1.82, 2.24) is 9.80 Å². The number of hydrogen-bond acceptors (Lipinski definition) is 6. The molecule has 2 saturated carbocycles. The lowest BCUT2D eigenvalue weighted by atomic mass is 9.66. The Morgan fingerprint density at radius 3 is 1.18 bits per heavy atom. The second-order valence-electron chi connectivity index (χ2n) is 19.8. The number of ether oxygens (including phenoxy) is 2. The lowest BCUT2D eigenvalue weighted by Crippen LogP contribution is -2.65. The van der Waals surface area contributed by atoms with Crippen LogP contribution in [0.1, 0.15) is 197 Å². The van der Waals surface area contributed by atoms with Crippen LogP contribution in [-0.2, 0) is 19.1 Å². The maximum atomic E-state index is 13.2. The molecule has 290 valence electrons. The number of unbranched alkanes of at least 4 members (excludes halogenated alkanes) is 5. The number of carbonyl (C=O) groups excluding carboxylic acids is 2. The second-order valence-corrected chi connectivity index (χ2v) is 19.8. The lowest BCUT2D eigenvalue weighted by Gasteiger charge is -2.58. The number of nitrogens with zero attached hydrogens (tertiary/aromatic N) is 2. The zero-order chi connectivity index (χ0) is 36.7. The van der Waals surface area contributed by atoms with E-state index in [0.717, 1.165) is 63.2 Å². The predicted octanol–water partition coefficient (Wildman–Crippen LogP) is 10.9. The summed E-state index contributed by atoms with van der Waals surface area (Å²) >= 11 is 0. The van der Waals surface area contributed by atoms with Gasteiger partial charge in [-0.1, -0.05) is 89.9 Å². The highest BCUT2D eigenvalue weighted by Crippen LogP contribution is 2.48. The van der Waals surface area contributed by atoms with Gasteiger partial charge in [-0.05, 0) is 107 Å². The number of esters is 2. The Bertz CT molecular complexity index is 986. The molecule has 2 heterocycles. The Balaban J connectivity index is 1.16. The SMILES string of the molecule is CN1C(C)(C)CC(OC(=O)CCCCCCCCC(=O)OC2CC(C)(C)N(C)C(C)(C)C2CC2CCCCC2)C(CC2CCCCC2)C1(C)C. The van der Waals surface area contributed by atoms with Crippen LogP contribution in [0.15, 0.2) is 0 Å². The van der Waals surface area contributed by atoms with Gasteiger partial charge in [-0.25, -0.2) is 0 Å². The summed E-state index contributed by atoms with van der Waals surface area (Å²) in [6, 6.07) is 0. The molecule has 0 aromatic rings. The van der Waals surface area contributed by atoms with Crippen LogP contribution in [0.2, 0.25) is 0 Å². The average Bonchev–Trinajstić information content (AvgIpc) is 3.05. The van der Waals surface area contributed by atoms with Crippen LogP contribution >= 0.6 is 0 Å². The molecule has 2 aliphatic heterocycles. The van der Waals surface area contributed by atoms with E-state index in [2.05, 4.69) is 79.3 Å². The number of rotatable bonds is 15. The Hall–Kier alpha value is -1.14. The van der Waals surface area contributed by atoms with Gasteiger partial charge >= 0.3 is 11.9 Å². The third-order valence-electron chi connectivity index (χ3n) is 14.9. The summed E-state index contributed by atoms with van der Waals surface area (Å²) in [5.74, 6) is 2.26. The molecule has 0 amide bonds. The fourth-order valence-electron chi connectivity index (χ4n) is 10.9. The van der Waals surface area contributed by atoms with Gasteiger partial charge in [0, 0.05) is 59.7 Å². The summed E-state index contributed by atoms with van der Waals surface area (Å²) in [5, 5.41) is 0. The van der Waals surface area contributed by atoms with Crippen molar-refractivity contribution in [1.29, 1.82) is 0 Å². The highest BCUT2D eigenvalue weighted by Gasteiger charge is 2.53. The minimum atomic E-state index is -0.00963. The molecule has 4 rings (SSSR count). The van der Waals surface area contributed by atoms with Gasteiger partial charge in [-0.2, -0.15) is 0 Å². The van der Waals surface area contributed by atoms with E-state index in [-0.39, 0.29) is 46.3 Å². The number of likely N-dealkylation sites (tertiary alicyclic amines) is 2. The molecular formula is C44H80N2O4. The van der Waals surface area contributed by atoms with Gasteiger partial charge in [0.15, 0.2) is 0 Å². The predicted molar refractivity (Wildman–Crippen MR) is 207 cm³/mol. The summed E-state index contributed by atoms with van der Waals surface area (Å²) < 4.78 is 12.7. The molecule has 4 aliphatic rings. The molecule has 6 nitrogen and oxygen atoms in total. The first-order chi connectivity index (χ1) is 23.4. The van der Waals surface area contributed by atoms with Gasteiger partial charge < -0.3 is 9.47 Å². The fourth-order valence-corrected chi connectivity index (χ4v) is 10.9. The highest BCUT2D eigenvalue weighted by molar-refractivity contribution is 5.70. The van der Waals surface area contributed by atoms with Crippen LogP contribution in [0, 0.1) is 23.7 Å². The summed E-state index contributed by atoms with van der Waals surface area (Å²) in [7, 11) is 4.53. The maximum absolute atomic E-state index is 13.2. The molecule has 0 radical (unpaired) electrons. The highest BCUT2D eigenvalue weighted by atomic mass is 16.5. The van der Waals surface area contributed by atoms with E-state index in [0.29, 0.717) is 24.7 Å². The molecule has 4 unspecified atom stereocenters. The zero-order valence-corrected chi connectivity index (χ0v) is 34.5. The third-order valence-corrected chi connectivity index (χ3v) is 14.9. The van der Waals surface area contributed by atoms with Crippen molar-refractivity contribution < 1.29 is 19.1 Å². The van der Waals surface area contributed by atoms with Crippen molar-refractivity contribution in [2.24, 2.45) is 23.7 Å². The van der Waals surface area contributed by atoms with E-state index in [9.17, 15) is 9.59 Å². The quantitative estimate of drug-likeness (QED) is 0.125. The number of carbonyl (C=O) groups is 2. The van der Waals surface area contributed by atoms with Gasteiger partial charge in [0.1, 0.15) is 12.2 Å². The van der Waals surface area contributed by atoms with Crippen molar-refractivity contribution >= 4 is 11.9 Å². The van der Waals surface area contributed by atoms with E-state index in [1.54, 1.807) is 0 Å². The molecule has 0 bridgehead atoms. The van der Waals surface area contributed by atoms with Gasteiger partial charge in [0.25, 0.3) is 0 Å². The monoisotopic (exact) mass is 701 g/mol. The van der Waals surface area contributed by atoms with Crippen LogP contribution in [-0.4, -0.2) is 70.2 Å². The molecule has 4 fully saturated rings. The molecule has 0 aromatic carbocycles. The largest absolute Gasteiger partial charge is 0.462 e. The summed E-state index contributed by atoms with van der Waals surface area (Å²) in [6.45, 7) is 18.7. The Morgan fingerprint density at radius 1 is 0.520 bits per heavy atom. The minimum absolute atomic E-state index is 0.000385. The topological polar surface area (TPSA) is 59.1 Å². The van der Waals surface area contributed by atoms with E-state index in [1.807, 2.05) is 0 Å². The van der Waals surface area contributed by atoms with Crippen molar-refractivity contribution in [2.75, 3.05) is 14.1 Å². The summed E-state index contributed by atoms with van der Waals surface area (Å²) in [4.78, 5) is 31.4. The first-order valence-electron chi connectivity index (χ1n) is 21.3. The maximum Gasteiger partial charge on any atom is 0.306 e. The zero-order valence-electron chi connectivity index (χ0n) is 34.5. The van der Waals surface area contributed by atoms with E-state index >= 15 is 0 Å². The van der Waals surface area contributed by atoms with Crippen LogP contribution in [0.4, 0.5) is 0 Å². The second kappa shape index (κ2) is 17.8. The Kier molecular flexibility index (Phi) is 14.8. The standard InChI is InChI=1S/C44H80N2O4/c1-41(2)31-37(35(43(5,6)45(41)9)29-33-23-17-15-18-24-33)49-39(47)27-21-13-11-12-14-22-28-40(48)50-38-32-42(3,4)46(10)44(7,8)36(38)30-34-25-19-16-20-26-34/h33-38H,11-32H2,1-10H3. The molecule has 0 spiro atoms. The molecule has 6 heteroatoms. The first-order valence-corrected chi connectivity index (χ1v) is 21.3. The van der Waals surface area contributed by atoms with Crippen LogP contribution < -0.4 is 0 Å². The summed E-state index contributed by atoms with van der Waals surface area (Å²) in [5.41, 5.74) is -0.0111. The van der Waals surface area contributed by atoms with Gasteiger partial charge in [0.05, 0.1) is 0 Å². The van der Waals surface area contributed by atoms with Crippen LogP contribution in [0.3, 0.4) is 0 Å². The van der Waals surface area contributed by atoms with E-state index < -0.39 is 0 Å². The number of hydrogen-bond donors (Lipinski definition) is 0. The van der Waals surface area contributed by atoms with Crippen molar-refractivity contribution in [3.05, 3.63) is 0 Å². The van der Waals surface area contributed by atoms with Gasteiger partial charge in [-0.15, -0.1) is 0 Å². The lowest BCUT2D eigenvalue weighted by molar-refractivity contribution is -0.173. The molecule has 2 saturated heterocycles. The van der Waals surface area contributed by atoms with Gasteiger partial charge in [0.2, 0.25) is 0 Å². The van der Waals surface area contributed by atoms with Gasteiger partial charge in [-0.3, -0.25) is 19.4 Å².